The molecule has 0 radical (unpaired) electrons. The fourth-order valence-electron chi connectivity index (χ4n) is 4.56. The number of hydrogen-bond donors (Lipinski definition) is 1. The predicted octanol–water partition coefficient (Wildman–Crippen LogP) is 6.61. The summed E-state index contributed by atoms with van der Waals surface area (Å²) in [5.41, 5.74) is 11.5. The standard InChI is InChI=1S/C25H24F4N5OP/c1-16-2-8-22-21-9-5-18(30)11-23(21)25(34(24(22)10-16)15-36(27,28)29)17-3-6-20(7-4-17)35-13-19-12-33(14-26)32-31-19/h2-12,25,36H,13-15,30H2,1H3. The van der Waals surface area contributed by atoms with Crippen LogP contribution in [-0.2, 0) is 13.4 Å². The predicted molar refractivity (Wildman–Crippen MR) is 134 cm³/mol. The van der Waals surface area contributed by atoms with Crippen LogP contribution in [0.4, 0.5) is 28.4 Å². The zero-order valence-corrected chi connectivity index (χ0v) is 20.3. The minimum atomic E-state index is -5.97. The molecule has 0 amide bonds. The molecule has 1 unspecified atom stereocenters. The van der Waals surface area contributed by atoms with Crippen molar-refractivity contribution in [3.05, 3.63) is 89.2 Å². The molecule has 188 valence electrons. The number of alkyl halides is 1. The molecule has 0 fully saturated rings. The van der Waals surface area contributed by atoms with Crippen LogP contribution in [0.15, 0.2) is 66.9 Å². The van der Waals surface area contributed by atoms with E-state index in [1.807, 2.05) is 31.2 Å². The number of ether oxygens (including phenoxy) is 1. The number of benzene rings is 3. The molecule has 2 N–H and O–H groups in total. The van der Waals surface area contributed by atoms with E-state index in [1.54, 1.807) is 36.4 Å². The van der Waals surface area contributed by atoms with Gasteiger partial charge in [0, 0.05) is 0 Å². The Labute approximate surface area is 206 Å². The zero-order valence-electron chi connectivity index (χ0n) is 19.3. The molecule has 0 saturated carbocycles. The van der Waals surface area contributed by atoms with Crippen molar-refractivity contribution < 1.29 is 21.7 Å². The molecular weight excluding hydrogens is 493 g/mol. The summed E-state index contributed by atoms with van der Waals surface area (Å²) < 4.78 is 61.3. The van der Waals surface area contributed by atoms with Gasteiger partial charge in [0.05, 0.1) is 0 Å². The Bertz CT molecular complexity index is 1390. The van der Waals surface area contributed by atoms with Gasteiger partial charge in [-0.2, -0.15) is 0 Å². The van der Waals surface area contributed by atoms with Gasteiger partial charge in [-0.05, 0) is 0 Å². The first-order valence-corrected chi connectivity index (χ1v) is 13.1. The van der Waals surface area contributed by atoms with Gasteiger partial charge in [0.2, 0.25) is 0 Å². The third-order valence-corrected chi connectivity index (χ3v) is 6.77. The number of halogens is 4. The first-order valence-electron chi connectivity index (χ1n) is 11.2. The van der Waals surface area contributed by atoms with E-state index in [0.717, 1.165) is 26.9 Å². The molecule has 6 nitrogen and oxygen atoms in total. The van der Waals surface area contributed by atoms with Crippen LogP contribution in [0.2, 0.25) is 0 Å². The third-order valence-electron chi connectivity index (χ3n) is 6.08. The van der Waals surface area contributed by atoms with Crippen LogP contribution in [-0.4, -0.2) is 21.3 Å². The van der Waals surface area contributed by atoms with Crippen LogP contribution >= 0.6 is 8.19 Å². The van der Waals surface area contributed by atoms with Crippen molar-refractivity contribution in [2.24, 2.45) is 0 Å². The van der Waals surface area contributed by atoms with Crippen LogP contribution in [0.1, 0.15) is 28.4 Å². The van der Waals surface area contributed by atoms with Crippen molar-refractivity contribution in [3.8, 4) is 16.9 Å². The average Bonchev–Trinajstić information content (AvgIpc) is 3.31. The van der Waals surface area contributed by atoms with Crippen molar-refractivity contribution in [3.63, 3.8) is 0 Å². The normalized spacial score (nSPS) is 15.4. The fourth-order valence-corrected chi connectivity index (χ4v) is 5.30. The number of nitrogens with two attached hydrogens (primary N) is 1. The number of hydrogen-bond acceptors (Lipinski definition) is 5. The summed E-state index contributed by atoms with van der Waals surface area (Å²) in [4.78, 5) is 1.45. The molecule has 11 heteroatoms. The summed E-state index contributed by atoms with van der Waals surface area (Å²) in [5, 5.41) is 7.45. The van der Waals surface area contributed by atoms with Crippen molar-refractivity contribution in [2.45, 2.75) is 26.4 Å². The Kier molecular flexibility index (Phi) is 6.30. The third kappa shape index (κ3) is 4.86. The van der Waals surface area contributed by atoms with Gasteiger partial charge in [-0.15, -0.1) is 0 Å². The van der Waals surface area contributed by atoms with Gasteiger partial charge < -0.3 is 0 Å². The number of aromatic nitrogens is 3. The van der Waals surface area contributed by atoms with E-state index in [1.165, 1.54) is 11.1 Å². The topological polar surface area (TPSA) is 69.2 Å². The van der Waals surface area contributed by atoms with E-state index in [0.29, 0.717) is 28.4 Å². The summed E-state index contributed by atoms with van der Waals surface area (Å²) in [7, 11) is -5.97. The van der Waals surface area contributed by atoms with Crippen molar-refractivity contribution >= 4 is 19.6 Å². The van der Waals surface area contributed by atoms with E-state index in [9.17, 15) is 17.0 Å². The molecule has 5 rings (SSSR count). The number of rotatable bonds is 7. The van der Waals surface area contributed by atoms with Gasteiger partial charge in [0.1, 0.15) is 0 Å². The number of fused-ring (bicyclic) bond motifs is 3. The maximum atomic E-state index is 13.9. The molecule has 3 aromatic carbocycles. The van der Waals surface area contributed by atoms with Gasteiger partial charge in [0.15, 0.2) is 6.80 Å². The number of aryl methyl sites for hydroxylation is 1. The number of nitrogen functional groups attached to an aromatic ring is 1. The molecule has 36 heavy (non-hydrogen) atoms. The van der Waals surface area contributed by atoms with Crippen molar-refractivity contribution in [1.29, 1.82) is 0 Å². The van der Waals surface area contributed by atoms with E-state index in [4.69, 9.17) is 10.5 Å². The van der Waals surface area contributed by atoms with Gasteiger partial charge >= 0.3 is 195 Å². The van der Waals surface area contributed by atoms with Gasteiger partial charge in [-0.3, -0.25) is 0 Å². The Hall–Kier alpha value is -3.65. The second kappa shape index (κ2) is 9.43. The van der Waals surface area contributed by atoms with E-state index >= 15 is 0 Å². The molecule has 1 atom stereocenters. The van der Waals surface area contributed by atoms with Crippen LogP contribution in [0.3, 0.4) is 0 Å². The van der Waals surface area contributed by atoms with Crippen molar-refractivity contribution in [2.75, 3.05) is 16.9 Å². The first-order chi connectivity index (χ1) is 17.2. The van der Waals surface area contributed by atoms with Gasteiger partial charge in [-0.1, -0.05) is 0 Å². The van der Waals surface area contributed by atoms with Gasteiger partial charge in [0.25, 0.3) is 0 Å². The summed E-state index contributed by atoms with van der Waals surface area (Å²) in [6.07, 6.45) is 0.459. The van der Waals surface area contributed by atoms with E-state index in [2.05, 4.69) is 10.3 Å². The van der Waals surface area contributed by atoms with Crippen LogP contribution in [0, 0.1) is 6.92 Å². The fraction of sp³-hybridized carbons (Fsp3) is 0.200. The zero-order chi connectivity index (χ0) is 25.4. The molecule has 0 spiro atoms. The Morgan fingerprint density at radius 3 is 2.44 bits per heavy atom. The van der Waals surface area contributed by atoms with E-state index in [-0.39, 0.29) is 6.61 Å². The molecule has 1 aromatic heterocycles. The quantitative estimate of drug-likeness (QED) is 0.170. The molecule has 1 aliphatic rings. The van der Waals surface area contributed by atoms with Gasteiger partial charge in [-0.25, -0.2) is 4.39 Å². The van der Waals surface area contributed by atoms with E-state index < -0.39 is 27.3 Å². The van der Waals surface area contributed by atoms with Crippen LogP contribution < -0.4 is 15.4 Å². The maximum absolute atomic E-state index is 13.9. The molecule has 0 saturated heterocycles. The van der Waals surface area contributed by atoms with Crippen LogP contribution in [0.25, 0.3) is 11.1 Å². The first kappa shape index (κ1) is 24.1. The SMILES string of the molecule is Cc1ccc2c(c1)N(C[PH](F)(F)F)C(c1ccc(OCc3cn(CF)nn3)cc1)c1cc(N)ccc1-2. The molecule has 2 heterocycles. The molecule has 0 aliphatic carbocycles. The molecular formula is C25H24F4N5OP. The molecule has 1 aliphatic heterocycles. The second-order valence-corrected chi connectivity index (χ2v) is 10.3. The summed E-state index contributed by atoms with van der Waals surface area (Å²) >= 11 is 0. The van der Waals surface area contributed by atoms with Crippen molar-refractivity contribution in [1.82, 2.24) is 15.0 Å². The summed E-state index contributed by atoms with van der Waals surface area (Å²) in [5.74, 6) is 0.505. The molecule has 4 aromatic rings. The summed E-state index contributed by atoms with van der Waals surface area (Å²) in [6.45, 7) is 1.17. The number of anilines is 2. The summed E-state index contributed by atoms with van der Waals surface area (Å²) in [6, 6.07) is 17.2. The van der Waals surface area contributed by atoms with Crippen LogP contribution in [0.5, 0.6) is 5.75 Å². The Balaban J connectivity index is 1.52. The second-order valence-electron chi connectivity index (χ2n) is 8.74. The Morgan fingerprint density at radius 1 is 1.00 bits per heavy atom. The monoisotopic (exact) mass is 517 g/mol. The average molecular weight is 517 g/mol. The minimum absolute atomic E-state index is 0.0839. The Morgan fingerprint density at radius 2 is 1.75 bits per heavy atom. The number of nitrogens with zero attached hydrogens (tertiary/aromatic N) is 4. The molecule has 0 bridgehead atoms.